The summed E-state index contributed by atoms with van der Waals surface area (Å²) in [5, 5.41) is 0. The van der Waals surface area contributed by atoms with Crippen LogP contribution < -0.4 is 10.5 Å². The molecule has 0 saturated heterocycles. The molecule has 0 fully saturated rings. The van der Waals surface area contributed by atoms with Crippen molar-refractivity contribution < 1.29 is 13.2 Å². The Morgan fingerprint density at radius 1 is 1.29 bits per heavy atom. The molecule has 0 bridgehead atoms. The Balaban J connectivity index is 3.39. The number of nitrogens with one attached hydrogen (secondary N) is 1. The number of amides is 1. The largest absolute Gasteiger partial charge is 0.399 e. The van der Waals surface area contributed by atoms with Crippen LogP contribution in [0.25, 0.3) is 0 Å². The topological polar surface area (TPSA) is 92.5 Å². The van der Waals surface area contributed by atoms with E-state index < -0.39 is 10.0 Å². The van der Waals surface area contributed by atoms with Gasteiger partial charge in [0.15, 0.2) is 0 Å². The van der Waals surface area contributed by atoms with Crippen LogP contribution in [0.2, 0.25) is 0 Å². The van der Waals surface area contributed by atoms with E-state index in [0.29, 0.717) is 18.8 Å². The van der Waals surface area contributed by atoms with Crippen molar-refractivity contribution in [3.05, 3.63) is 23.8 Å². The number of anilines is 1. The molecule has 0 aliphatic carbocycles. The van der Waals surface area contributed by atoms with Crippen molar-refractivity contribution in [1.82, 2.24) is 9.62 Å². The van der Waals surface area contributed by atoms with Crippen LogP contribution in [0.4, 0.5) is 5.69 Å². The highest BCUT2D eigenvalue weighted by atomic mass is 32.2. The molecular formula is C14H23N3O3S. The lowest BCUT2D eigenvalue weighted by molar-refractivity contribution is 0.0769. The van der Waals surface area contributed by atoms with E-state index in [9.17, 15) is 13.2 Å². The van der Waals surface area contributed by atoms with Gasteiger partial charge in [-0.1, -0.05) is 0 Å². The van der Waals surface area contributed by atoms with Gasteiger partial charge in [0.2, 0.25) is 10.0 Å². The summed E-state index contributed by atoms with van der Waals surface area (Å²) in [6.07, 6.45) is 0. The Hall–Kier alpha value is -1.60. The van der Waals surface area contributed by atoms with E-state index in [1.807, 2.05) is 13.8 Å². The molecular weight excluding hydrogens is 290 g/mol. The summed E-state index contributed by atoms with van der Waals surface area (Å²) in [4.78, 5) is 14.0. The highest BCUT2D eigenvalue weighted by Crippen LogP contribution is 2.21. The lowest BCUT2D eigenvalue weighted by Gasteiger charge is -2.21. The van der Waals surface area contributed by atoms with Crippen LogP contribution in [0.5, 0.6) is 0 Å². The third kappa shape index (κ3) is 4.18. The van der Waals surface area contributed by atoms with Gasteiger partial charge in [-0.2, -0.15) is 0 Å². The van der Waals surface area contributed by atoms with Crippen LogP contribution in [0.3, 0.4) is 0 Å². The fourth-order valence-electron chi connectivity index (χ4n) is 1.99. The number of nitrogens with two attached hydrogens (primary N) is 1. The van der Waals surface area contributed by atoms with Gasteiger partial charge >= 0.3 is 0 Å². The number of nitrogens with zero attached hydrogens (tertiary/aromatic N) is 1. The van der Waals surface area contributed by atoms with Crippen LogP contribution in [-0.2, 0) is 10.0 Å². The predicted molar refractivity (Wildman–Crippen MR) is 83.6 cm³/mol. The third-order valence-corrected chi connectivity index (χ3v) is 4.67. The van der Waals surface area contributed by atoms with Gasteiger partial charge in [-0.3, -0.25) is 4.79 Å². The second kappa shape index (κ2) is 6.91. The quantitative estimate of drug-likeness (QED) is 0.777. The van der Waals surface area contributed by atoms with Crippen LogP contribution >= 0.6 is 0 Å². The molecule has 1 aromatic carbocycles. The van der Waals surface area contributed by atoms with Crippen LogP contribution in [-0.4, -0.2) is 38.4 Å². The average molecular weight is 313 g/mol. The highest BCUT2D eigenvalue weighted by molar-refractivity contribution is 7.89. The molecule has 0 aromatic heterocycles. The van der Waals surface area contributed by atoms with Crippen LogP contribution in [0, 0.1) is 0 Å². The normalized spacial score (nSPS) is 11.7. The Morgan fingerprint density at radius 2 is 1.86 bits per heavy atom. The molecule has 0 saturated carbocycles. The Labute approximate surface area is 126 Å². The van der Waals surface area contributed by atoms with Gasteiger partial charge < -0.3 is 10.6 Å². The summed E-state index contributed by atoms with van der Waals surface area (Å²) in [5.74, 6) is -0.316. The number of rotatable bonds is 6. The van der Waals surface area contributed by atoms with E-state index in [1.54, 1.807) is 18.7 Å². The Morgan fingerprint density at radius 3 is 2.33 bits per heavy atom. The van der Waals surface area contributed by atoms with Crippen molar-refractivity contribution in [3.8, 4) is 0 Å². The number of nitrogen functional groups attached to an aromatic ring is 1. The van der Waals surface area contributed by atoms with E-state index >= 15 is 0 Å². The summed E-state index contributed by atoms with van der Waals surface area (Å²) in [6, 6.07) is 4.05. The standard InChI is InChI=1S/C14H23N3O3S/c1-5-17(6-2)14(18)12-8-7-11(15)9-13(12)21(19,20)16-10(3)4/h7-10,16H,5-6,15H2,1-4H3. The first-order chi connectivity index (χ1) is 9.72. The van der Waals surface area contributed by atoms with E-state index in [-0.39, 0.29) is 22.4 Å². The molecule has 118 valence electrons. The van der Waals surface area contributed by atoms with Crippen molar-refractivity contribution in [2.24, 2.45) is 0 Å². The number of hydrogen-bond donors (Lipinski definition) is 2. The molecule has 1 rings (SSSR count). The Kier molecular flexibility index (Phi) is 5.74. The monoisotopic (exact) mass is 313 g/mol. The molecule has 0 aliphatic heterocycles. The van der Waals surface area contributed by atoms with Crippen LogP contribution in [0.1, 0.15) is 38.1 Å². The van der Waals surface area contributed by atoms with Gasteiger partial charge in [0.25, 0.3) is 5.91 Å². The minimum Gasteiger partial charge on any atom is -0.399 e. The average Bonchev–Trinajstić information content (AvgIpc) is 2.38. The number of sulfonamides is 1. The first-order valence-corrected chi connectivity index (χ1v) is 8.42. The van der Waals surface area contributed by atoms with Gasteiger partial charge in [-0.25, -0.2) is 13.1 Å². The molecule has 1 amide bonds. The van der Waals surface area contributed by atoms with Crippen LogP contribution in [0.15, 0.2) is 23.1 Å². The first kappa shape index (κ1) is 17.5. The number of hydrogen-bond acceptors (Lipinski definition) is 4. The summed E-state index contributed by atoms with van der Waals surface area (Å²) < 4.78 is 27.2. The molecule has 6 nitrogen and oxygen atoms in total. The smallest absolute Gasteiger partial charge is 0.255 e. The molecule has 0 spiro atoms. The van der Waals surface area contributed by atoms with Crippen molar-refractivity contribution in [1.29, 1.82) is 0 Å². The molecule has 7 heteroatoms. The van der Waals surface area contributed by atoms with Crippen molar-refractivity contribution in [2.75, 3.05) is 18.8 Å². The predicted octanol–water partition coefficient (Wildman–Crippen LogP) is 1.44. The number of benzene rings is 1. The molecule has 1 aromatic rings. The minimum atomic E-state index is -3.79. The zero-order chi connectivity index (χ0) is 16.2. The van der Waals surface area contributed by atoms with Gasteiger partial charge in [-0.15, -0.1) is 0 Å². The van der Waals surface area contributed by atoms with E-state index in [0.717, 1.165) is 0 Å². The molecule has 0 atom stereocenters. The third-order valence-electron chi connectivity index (χ3n) is 2.97. The molecule has 21 heavy (non-hydrogen) atoms. The maximum Gasteiger partial charge on any atom is 0.255 e. The summed E-state index contributed by atoms with van der Waals surface area (Å²) in [6.45, 7) is 8.15. The van der Waals surface area contributed by atoms with Gasteiger partial charge in [-0.05, 0) is 45.9 Å². The summed E-state index contributed by atoms with van der Waals surface area (Å²) in [7, 11) is -3.79. The second-order valence-corrected chi connectivity index (χ2v) is 6.69. The van der Waals surface area contributed by atoms with Gasteiger partial charge in [0.05, 0.1) is 10.5 Å². The maximum absolute atomic E-state index is 12.5. The first-order valence-electron chi connectivity index (χ1n) is 6.94. The van der Waals surface area contributed by atoms with Gasteiger partial charge in [0, 0.05) is 24.8 Å². The van der Waals surface area contributed by atoms with E-state index in [2.05, 4.69) is 4.72 Å². The molecule has 0 heterocycles. The maximum atomic E-state index is 12.5. The zero-order valence-electron chi connectivity index (χ0n) is 12.9. The fourth-order valence-corrected chi connectivity index (χ4v) is 3.48. The fraction of sp³-hybridized carbons (Fsp3) is 0.500. The van der Waals surface area contributed by atoms with Crippen molar-refractivity contribution >= 4 is 21.6 Å². The second-order valence-electron chi connectivity index (χ2n) is 5.01. The van der Waals surface area contributed by atoms with E-state index in [4.69, 9.17) is 5.73 Å². The van der Waals surface area contributed by atoms with E-state index in [1.165, 1.54) is 18.2 Å². The minimum absolute atomic E-state index is 0.0758. The summed E-state index contributed by atoms with van der Waals surface area (Å²) in [5.41, 5.74) is 6.12. The molecule has 3 N–H and O–H groups in total. The lowest BCUT2D eigenvalue weighted by atomic mass is 10.2. The molecule has 0 unspecified atom stereocenters. The highest BCUT2D eigenvalue weighted by Gasteiger charge is 2.25. The Bertz CT molecular complexity index is 608. The zero-order valence-corrected chi connectivity index (χ0v) is 13.7. The lowest BCUT2D eigenvalue weighted by Crippen LogP contribution is -2.35. The SMILES string of the molecule is CCN(CC)C(=O)c1ccc(N)cc1S(=O)(=O)NC(C)C. The summed E-state index contributed by atoms with van der Waals surface area (Å²) >= 11 is 0. The number of carbonyl (C=O) groups excluding carboxylic acids is 1. The van der Waals surface area contributed by atoms with Crippen molar-refractivity contribution in [2.45, 2.75) is 38.6 Å². The van der Waals surface area contributed by atoms with Gasteiger partial charge in [0.1, 0.15) is 0 Å². The number of carbonyl (C=O) groups is 1. The molecule has 0 radical (unpaired) electrons. The van der Waals surface area contributed by atoms with Crippen molar-refractivity contribution in [3.63, 3.8) is 0 Å². The molecule has 0 aliphatic rings.